The second-order valence-electron chi connectivity index (χ2n) is 5.50. The molecule has 2 aromatic carbocycles. The Hall–Kier alpha value is -2.53. The van der Waals surface area contributed by atoms with Crippen molar-refractivity contribution in [2.45, 2.75) is 18.6 Å². The van der Waals surface area contributed by atoms with Gasteiger partial charge in [-0.1, -0.05) is 42.5 Å². The monoisotopic (exact) mass is 313 g/mol. The molecule has 1 aliphatic rings. The van der Waals surface area contributed by atoms with Crippen molar-refractivity contribution in [2.75, 3.05) is 6.67 Å². The minimum absolute atomic E-state index is 0.206. The number of imide groups is 1. The summed E-state index contributed by atoms with van der Waals surface area (Å²) in [4.78, 5) is 26.0. The lowest BCUT2D eigenvalue weighted by atomic mass is 10.00. The first-order valence-corrected chi connectivity index (χ1v) is 7.38. The van der Waals surface area contributed by atoms with Gasteiger partial charge in [0.1, 0.15) is 12.8 Å². The molecule has 1 N–H and O–H groups in total. The largest absolute Gasteiger partial charge is 0.388 e. The average Bonchev–Trinajstić information content (AvgIpc) is 2.85. The van der Waals surface area contributed by atoms with Crippen LogP contribution in [0.5, 0.6) is 0 Å². The first-order valence-electron chi connectivity index (χ1n) is 7.38. The molecule has 2 amide bonds. The molecule has 0 saturated heterocycles. The molecule has 0 bridgehead atoms. The third kappa shape index (κ3) is 2.75. The molecule has 0 aromatic heterocycles. The molecule has 2 atom stereocenters. The zero-order chi connectivity index (χ0) is 16.4. The van der Waals surface area contributed by atoms with Gasteiger partial charge in [0.2, 0.25) is 0 Å². The summed E-state index contributed by atoms with van der Waals surface area (Å²) in [6, 6.07) is 14.6. The molecule has 0 spiro atoms. The van der Waals surface area contributed by atoms with Crippen molar-refractivity contribution in [1.29, 1.82) is 0 Å². The number of fused-ring (bicyclic) bond motifs is 1. The van der Waals surface area contributed by atoms with Gasteiger partial charge in [-0.3, -0.25) is 14.5 Å². The molecule has 5 heteroatoms. The molecule has 2 unspecified atom stereocenters. The number of hydrogen-bond acceptors (Lipinski definition) is 3. The first kappa shape index (κ1) is 15.4. The number of alkyl halides is 1. The van der Waals surface area contributed by atoms with Gasteiger partial charge in [-0.2, -0.15) is 0 Å². The maximum atomic E-state index is 13.1. The zero-order valence-electron chi connectivity index (χ0n) is 12.4. The molecule has 0 aliphatic carbocycles. The maximum Gasteiger partial charge on any atom is 0.261 e. The van der Waals surface area contributed by atoms with Gasteiger partial charge in [0.25, 0.3) is 11.8 Å². The summed E-state index contributed by atoms with van der Waals surface area (Å²) in [6.45, 7) is -1.02. The SMILES string of the molecule is O=C1c2ccccc2C(=O)N1C(Cc1ccccc1)C(O)CF. The summed E-state index contributed by atoms with van der Waals surface area (Å²) in [5.41, 5.74) is 1.41. The lowest BCUT2D eigenvalue weighted by Crippen LogP contribution is -2.49. The molecule has 0 saturated carbocycles. The molecule has 1 aliphatic heterocycles. The van der Waals surface area contributed by atoms with Crippen molar-refractivity contribution in [3.63, 3.8) is 0 Å². The van der Waals surface area contributed by atoms with Crippen LogP contribution in [0.15, 0.2) is 54.6 Å². The van der Waals surface area contributed by atoms with Crippen LogP contribution in [0.4, 0.5) is 4.39 Å². The molecule has 23 heavy (non-hydrogen) atoms. The smallest absolute Gasteiger partial charge is 0.261 e. The fourth-order valence-electron chi connectivity index (χ4n) is 2.87. The molecule has 118 valence electrons. The average molecular weight is 313 g/mol. The Balaban J connectivity index is 1.95. The second kappa shape index (κ2) is 6.30. The lowest BCUT2D eigenvalue weighted by molar-refractivity contribution is 0.0272. The number of halogens is 1. The van der Waals surface area contributed by atoms with Gasteiger partial charge in [0.15, 0.2) is 0 Å². The Labute approximate surface area is 133 Å². The fraction of sp³-hybridized carbons (Fsp3) is 0.222. The van der Waals surface area contributed by atoms with E-state index in [0.717, 1.165) is 10.5 Å². The predicted octanol–water partition coefficient (Wildman–Crippen LogP) is 2.22. The van der Waals surface area contributed by atoms with E-state index < -0.39 is 30.6 Å². The Morgan fingerprint density at radius 3 is 1.96 bits per heavy atom. The predicted molar refractivity (Wildman–Crippen MR) is 82.9 cm³/mol. The summed E-state index contributed by atoms with van der Waals surface area (Å²) in [5.74, 6) is -0.974. The topological polar surface area (TPSA) is 57.6 Å². The normalized spacial score (nSPS) is 16.3. The van der Waals surface area contributed by atoms with Crippen LogP contribution < -0.4 is 0 Å². The number of aliphatic hydroxyl groups is 1. The minimum atomic E-state index is -1.42. The summed E-state index contributed by atoms with van der Waals surface area (Å²) < 4.78 is 13.1. The lowest BCUT2D eigenvalue weighted by Gasteiger charge is -2.29. The molecular weight excluding hydrogens is 297 g/mol. The number of amides is 2. The van der Waals surface area contributed by atoms with Crippen molar-refractivity contribution in [1.82, 2.24) is 4.90 Å². The van der Waals surface area contributed by atoms with E-state index in [1.807, 2.05) is 30.3 Å². The van der Waals surface area contributed by atoms with Crippen molar-refractivity contribution in [3.05, 3.63) is 71.3 Å². The van der Waals surface area contributed by atoms with Crippen LogP contribution in [-0.4, -0.2) is 40.6 Å². The van der Waals surface area contributed by atoms with Crippen molar-refractivity contribution >= 4 is 11.8 Å². The van der Waals surface area contributed by atoms with E-state index in [-0.39, 0.29) is 6.42 Å². The van der Waals surface area contributed by atoms with E-state index in [9.17, 15) is 19.1 Å². The van der Waals surface area contributed by atoms with Crippen molar-refractivity contribution in [2.24, 2.45) is 0 Å². The van der Waals surface area contributed by atoms with Crippen LogP contribution in [0.1, 0.15) is 26.3 Å². The van der Waals surface area contributed by atoms with E-state index in [2.05, 4.69) is 0 Å². The van der Waals surface area contributed by atoms with Crippen molar-refractivity contribution < 1.29 is 19.1 Å². The van der Waals surface area contributed by atoms with Crippen LogP contribution in [0.25, 0.3) is 0 Å². The van der Waals surface area contributed by atoms with Gasteiger partial charge in [-0.15, -0.1) is 0 Å². The summed E-state index contributed by atoms with van der Waals surface area (Å²) in [7, 11) is 0. The van der Waals surface area contributed by atoms with Gasteiger partial charge in [-0.25, -0.2) is 4.39 Å². The molecule has 4 nitrogen and oxygen atoms in total. The van der Waals surface area contributed by atoms with Crippen LogP contribution in [0.2, 0.25) is 0 Å². The van der Waals surface area contributed by atoms with Crippen LogP contribution in [0, 0.1) is 0 Å². The van der Waals surface area contributed by atoms with Gasteiger partial charge in [-0.05, 0) is 24.1 Å². The molecule has 0 fully saturated rings. The quantitative estimate of drug-likeness (QED) is 0.861. The number of rotatable bonds is 5. The summed E-state index contributed by atoms with van der Waals surface area (Å²) >= 11 is 0. The summed E-state index contributed by atoms with van der Waals surface area (Å²) in [5, 5.41) is 10.0. The standard InChI is InChI=1S/C18H16FNO3/c19-11-16(21)15(10-12-6-2-1-3-7-12)20-17(22)13-8-4-5-9-14(13)18(20)23/h1-9,15-16,21H,10-11H2. The van der Waals surface area contributed by atoms with E-state index in [0.29, 0.717) is 11.1 Å². The highest BCUT2D eigenvalue weighted by Gasteiger charge is 2.42. The highest BCUT2D eigenvalue weighted by molar-refractivity contribution is 6.21. The highest BCUT2D eigenvalue weighted by Crippen LogP contribution is 2.27. The van der Waals surface area contributed by atoms with E-state index in [4.69, 9.17) is 0 Å². The Morgan fingerprint density at radius 1 is 0.913 bits per heavy atom. The van der Waals surface area contributed by atoms with Crippen LogP contribution in [-0.2, 0) is 6.42 Å². The van der Waals surface area contributed by atoms with Gasteiger partial charge < -0.3 is 5.11 Å². The van der Waals surface area contributed by atoms with Gasteiger partial charge in [0, 0.05) is 0 Å². The number of aliphatic hydroxyl groups excluding tert-OH is 1. The third-order valence-corrected chi connectivity index (χ3v) is 4.05. The number of nitrogens with zero attached hydrogens (tertiary/aromatic N) is 1. The molecule has 1 heterocycles. The first-order chi connectivity index (χ1) is 11.1. The van der Waals surface area contributed by atoms with Crippen molar-refractivity contribution in [3.8, 4) is 0 Å². The van der Waals surface area contributed by atoms with E-state index >= 15 is 0 Å². The Kier molecular flexibility index (Phi) is 4.21. The number of benzene rings is 2. The number of hydrogen-bond donors (Lipinski definition) is 1. The second-order valence-corrected chi connectivity index (χ2v) is 5.50. The van der Waals surface area contributed by atoms with E-state index in [1.165, 1.54) is 0 Å². The van der Waals surface area contributed by atoms with Gasteiger partial charge in [0.05, 0.1) is 17.2 Å². The zero-order valence-corrected chi connectivity index (χ0v) is 12.4. The third-order valence-electron chi connectivity index (χ3n) is 4.05. The molecule has 3 rings (SSSR count). The molecule has 2 aromatic rings. The molecule has 0 radical (unpaired) electrons. The number of carbonyl (C=O) groups is 2. The molecular formula is C18H16FNO3. The van der Waals surface area contributed by atoms with Crippen LogP contribution in [0.3, 0.4) is 0 Å². The van der Waals surface area contributed by atoms with Crippen LogP contribution >= 0.6 is 0 Å². The van der Waals surface area contributed by atoms with Gasteiger partial charge >= 0.3 is 0 Å². The van der Waals surface area contributed by atoms with E-state index in [1.54, 1.807) is 24.3 Å². The minimum Gasteiger partial charge on any atom is -0.388 e. The Bertz CT molecular complexity index is 697. The highest BCUT2D eigenvalue weighted by atomic mass is 19.1. The maximum absolute atomic E-state index is 13.1. The Morgan fingerprint density at radius 2 is 1.43 bits per heavy atom. The summed E-state index contributed by atoms with van der Waals surface area (Å²) in [6.07, 6.45) is -1.21. The number of carbonyl (C=O) groups excluding carboxylic acids is 2. The fourth-order valence-corrected chi connectivity index (χ4v) is 2.87.